The smallest absolute Gasteiger partial charge is 0.145 e. The highest BCUT2D eigenvalue weighted by Crippen LogP contribution is 2.26. The van der Waals surface area contributed by atoms with Gasteiger partial charge in [-0.15, -0.1) is 0 Å². The van der Waals surface area contributed by atoms with Gasteiger partial charge in [0.15, 0.2) is 0 Å². The van der Waals surface area contributed by atoms with Crippen molar-refractivity contribution in [3.8, 4) is 11.5 Å². The number of halogens is 1. The van der Waals surface area contributed by atoms with Crippen LogP contribution in [0.5, 0.6) is 11.5 Å². The van der Waals surface area contributed by atoms with Crippen LogP contribution in [0, 0.1) is 5.82 Å². The minimum atomic E-state index is -0.281. The molecule has 2 rings (SSSR count). The molecule has 1 aromatic carbocycles. The van der Waals surface area contributed by atoms with Crippen molar-refractivity contribution in [2.24, 2.45) is 5.73 Å². The number of benzene rings is 1. The summed E-state index contributed by atoms with van der Waals surface area (Å²) in [6.45, 7) is 2.01. The lowest BCUT2D eigenvalue weighted by Crippen LogP contribution is -2.21. The van der Waals surface area contributed by atoms with Crippen molar-refractivity contribution in [3.05, 3.63) is 54.1 Å². The zero-order valence-corrected chi connectivity index (χ0v) is 10.8. The molecule has 1 atom stereocenters. The molecule has 0 aliphatic carbocycles. The number of pyridine rings is 1. The second-order valence-corrected chi connectivity index (χ2v) is 4.42. The van der Waals surface area contributed by atoms with Gasteiger partial charge in [-0.3, -0.25) is 4.98 Å². The van der Waals surface area contributed by atoms with E-state index in [1.807, 2.05) is 6.92 Å². The van der Waals surface area contributed by atoms with Crippen LogP contribution in [0.15, 0.2) is 42.7 Å². The van der Waals surface area contributed by atoms with E-state index >= 15 is 0 Å². The van der Waals surface area contributed by atoms with Gasteiger partial charge in [0, 0.05) is 12.2 Å². The second-order valence-electron chi connectivity index (χ2n) is 4.42. The Morgan fingerprint density at radius 1 is 1.37 bits per heavy atom. The van der Waals surface area contributed by atoms with Gasteiger partial charge in [-0.25, -0.2) is 4.39 Å². The number of rotatable bonds is 5. The van der Waals surface area contributed by atoms with Crippen LogP contribution in [-0.4, -0.2) is 11.0 Å². The quantitative estimate of drug-likeness (QED) is 0.897. The van der Waals surface area contributed by atoms with E-state index in [1.54, 1.807) is 30.6 Å². The van der Waals surface area contributed by atoms with Crippen molar-refractivity contribution < 1.29 is 9.13 Å². The van der Waals surface area contributed by atoms with E-state index in [-0.39, 0.29) is 11.9 Å². The number of nitrogens with two attached hydrogens (primary N) is 1. The van der Waals surface area contributed by atoms with Crippen molar-refractivity contribution in [2.45, 2.75) is 25.8 Å². The van der Waals surface area contributed by atoms with Gasteiger partial charge >= 0.3 is 0 Å². The van der Waals surface area contributed by atoms with Crippen LogP contribution >= 0.6 is 0 Å². The van der Waals surface area contributed by atoms with Crippen molar-refractivity contribution in [3.63, 3.8) is 0 Å². The predicted molar refractivity (Wildman–Crippen MR) is 72.7 cm³/mol. The van der Waals surface area contributed by atoms with E-state index < -0.39 is 0 Å². The third-order valence-electron chi connectivity index (χ3n) is 2.89. The van der Waals surface area contributed by atoms with Crippen LogP contribution in [0.3, 0.4) is 0 Å². The maximum Gasteiger partial charge on any atom is 0.145 e. The SMILES string of the molecule is CCC(N)Cc1cc(F)ccc1Oc1cccnc1. The molecular weight excluding hydrogens is 243 g/mol. The molecule has 1 heterocycles. The minimum Gasteiger partial charge on any atom is -0.455 e. The summed E-state index contributed by atoms with van der Waals surface area (Å²) in [6, 6.07) is 8.07. The molecule has 0 aliphatic rings. The van der Waals surface area contributed by atoms with Gasteiger partial charge in [-0.2, -0.15) is 0 Å². The molecule has 2 aromatic rings. The minimum absolute atomic E-state index is 0.00181. The van der Waals surface area contributed by atoms with Crippen molar-refractivity contribution in [1.82, 2.24) is 4.98 Å². The van der Waals surface area contributed by atoms with Gasteiger partial charge in [0.05, 0.1) is 6.20 Å². The molecule has 4 heteroatoms. The Labute approximate surface area is 112 Å². The highest BCUT2D eigenvalue weighted by atomic mass is 19.1. The molecule has 0 spiro atoms. The Bertz CT molecular complexity index is 531. The molecule has 1 aromatic heterocycles. The fourth-order valence-corrected chi connectivity index (χ4v) is 1.77. The van der Waals surface area contributed by atoms with E-state index in [1.165, 1.54) is 12.1 Å². The lowest BCUT2D eigenvalue weighted by molar-refractivity contribution is 0.467. The summed E-state index contributed by atoms with van der Waals surface area (Å²) in [7, 11) is 0. The molecule has 0 saturated heterocycles. The summed E-state index contributed by atoms with van der Waals surface area (Å²) < 4.78 is 19.1. The average Bonchev–Trinajstić information content (AvgIpc) is 2.43. The summed E-state index contributed by atoms with van der Waals surface area (Å²) in [4.78, 5) is 3.98. The first-order valence-corrected chi connectivity index (χ1v) is 6.31. The third-order valence-corrected chi connectivity index (χ3v) is 2.89. The van der Waals surface area contributed by atoms with Gasteiger partial charge < -0.3 is 10.5 Å². The normalized spacial score (nSPS) is 12.2. The molecular formula is C15H17FN2O. The fourth-order valence-electron chi connectivity index (χ4n) is 1.77. The Balaban J connectivity index is 2.24. The van der Waals surface area contributed by atoms with Crippen LogP contribution < -0.4 is 10.5 Å². The first-order chi connectivity index (χ1) is 9.19. The monoisotopic (exact) mass is 260 g/mol. The zero-order chi connectivity index (χ0) is 13.7. The second kappa shape index (κ2) is 6.29. The van der Waals surface area contributed by atoms with Gasteiger partial charge in [-0.05, 0) is 48.7 Å². The summed E-state index contributed by atoms with van der Waals surface area (Å²) in [5.74, 6) is 0.968. The van der Waals surface area contributed by atoms with Crippen LogP contribution in [0.4, 0.5) is 4.39 Å². The van der Waals surface area contributed by atoms with E-state index in [2.05, 4.69) is 4.98 Å². The highest BCUT2D eigenvalue weighted by Gasteiger charge is 2.10. The number of nitrogens with zero attached hydrogens (tertiary/aromatic N) is 1. The van der Waals surface area contributed by atoms with E-state index in [4.69, 9.17) is 10.5 Å². The van der Waals surface area contributed by atoms with E-state index in [0.717, 1.165) is 12.0 Å². The number of aromatic nitrogens is 1. The number of hydrogen-bond donors (Lipinski definition) is 1. The van der Waals surface area contributed by atoms with Crippen molar-refractivity contribution in [1.29, 1.82) is 0 Å². The van der Waals surface area contributed by atoms with Gasteiger partial charge in [-0.1, -0.05) is 6.92 Å². The number of ether oxygens (including phenoxy) is 1. The van der Waals surface area contributed by atoms with Crippen molar-refractivity contribution in [2.75, 3.05) is 0 Å². The molecule has 19 heavy (non-hydrogen) atoms. The standard InChI is InChI=1S/C15H17FN2O/c1-2-13(17)9-11-8-12(16)5-6-15(11)19-14-4-3-7-18-10-14/h3-8,10,13H,2,9,17H2,1H3. The predicted octanol–water partition coefficient (Wildman–Crippen LogP) is 3.29. The summed E-state index contributed by atoms with van der Waals surface area (Å²) >= 11 is 0. The number of hydrogen-bond acceptors (Lipinski definition) is 3. The van der Waals surface area contributed by atoms with Crippen molar-refractivity contribution >= 4 is 0 Å². The Morgan fingerprint density at radius 3 is 2.89 bits per heavy atom. The Hall–Kier alpha value is -1.94. The Morgan fingerprint density at radius 2 is 2.21 bits per heavy atom. The fraction of sp³-hybridized carbons (Fsp3) is 0.267. The average molecular weight is 260 g/mol. The maximum absolute atomic E-state index is 13.3. The molecule has 0 fully saturated rings. The zero-order valence-electron chi connectivity index (χ0n) is 10.8. The van der Waals surface area contributed by atoms with Gasteiger partial charge in [0.2, 0.25) is 0 Å². The topological polar surface area (TPSA) is 48.1 Å². The molecule has 0 aliphatic heterocycles. The van der Waals surface area contributed by atoms with E-state index in [9.17, 15) is 4.39 Å². The maximum atomic E-state index is 13.3. The molecule has 1 unspecified atom stereocenters. The summed E-state index contributed by atoms with van der Waals surface area (Å²) in [6.07, 6.45) is 4.71. The molecule has 2 N–H and O–H groups in total. The molecule has 0 amide bonds. The highest BCUT2D eigenvalue weighted by molar-refractivity contribution is 5.38. The first kappa shape index (κ1) is 13.5. The molecule has 0 radical (unpaired) electrons. The third kappa shape index (κ3) is 3.76. The van der Waals surface area contributed by atoms with E-state index in [0.29, 0.717) is 17.9 Å². The molecule has 0 saturated carbocycles. The summed E-state index contributed by atoms with van der Waals surface area (Å²) in [5.41, 5.74) is 6.70. The summed E-state index contributed by atoms with van der Waals surface area (Å²) in [5, 5.41) is 0. The van der Waals surface area contributed by atoms with Crippen LogP contribution in [0.2, 0.25) is 0 Å². The lowest BCUT2D eigenvalue weighted by Gasteiger charge is -2.14. The van der Waals surface area contributed by atoms with Crippen LogP contribution in [-0.2, 0) is 6.42 Å². The Kier molecular flexibility index (Phi) is 4.47. The van der Waals surface area contributed by atoms with Crippen LogP contribution in [0.25, 0.3) is 0 Å². The molecule has 100 valence electrons. The lowest BCUT2D eigenvalue weighted by atomic mass is 10.0. The largest absolute Gasteiger partial charge is 0.455 e. The van der Waals surface area contributed by atoms with Gasteiger partial charge in [0.1, 0.15) is 17.3 Å². The first-order valence-electron chi connectivity index (χ1n) is 6.31. The van der Waals surface area contributed by atoms with Crippen LogP contribution in [0.1, 0.15) is 18.9 Å². The van der Waals surface area contributed by atoms with Gasteiger partial charge in [0.25, 0.3) is 0 Å². The molecule has 0 bridgehead atoms. The molecule has 3 nitrogen and oxygen atoms in total.